The maximum absolute atomic E-state index is 14.6. The van der Waals surface area contributed by atoms with Crippen molar-refractivity contribution in [2.45, 2.75) is 18.5 Å². The summed E-state index contributed by atoms with van der Waals surface area (Å²) in [5, 5.41) is 4.04. The van der Waals surface area contributed by atoms with Crippen LogP contribution in [0.25, 0.3) is 22.2 Å². The molecule has 2 aromatic carbocycles. The third-order valence-corrected chi connectivity index (χ3v) is 4.63. The van der Waals surface area contributed by atoms with Crippen LogP contribution in [0.2, 0.25) is 0 Å². The number of benzene rings is 2. The van der Waals surface area contributed by atoms with Gasteiger partial charge in [-0.2, -0.15) is 0 Å². The number of hydrogen-bond acceptors (Lipinski definition) is 1. The number of fused-ring (bicyclic) bond motifs is 1. The van der Waals surface area contributed by atoms with Crippen molar-refractivity contribution in [3.05, 3.63) is 59.9 Å². The van der Waals surface area contributed by atoms with Crippen LogP contribution in [0.5, 0.6) is 0 Å². The molecule has 0 saturated carbocycles. The number of piperidine rings is 1. The van der Waals surface area contributed by atoms with E-state index in [9.17, 15) is 8.78 Å². The molecule has 1 saturated heterocycles. The molecule has 4 heteroatoms. The molecule has 0 bridgehead atoms. The smallest absolute Gasteiger partial charge is 0.123 e. The topological polar surface area (TPSA) is 27.8 Å². The number of aromatic amines is 1. The zero-order valence-corrected chi connectivity index (χ0v) is 12.7. The minimum Gasteiger partial charge on any atom is -0.354 e. The van der Waals surface area contributed by atoms with E-state index in [1.807, 2.05) is 30.3 Å². The molecule has 4 rings (SSSR count). The Balaban J connectivity index is 1.96. The number of alkyl halides is 1. The molecule has 2 atom stereocenters. The van der Waals surface area contributed by atoms with E-state index in [1.54, 1.807) is 6.07 Å². The lowest BCUT2D eigenvalue weighted by Crippen LogP contribution is -2.36. The lowest BCUT2D eigenvalue weighted by Gasteiger charge is -2.27. The predicted octanol–water partition coefficient (Wildman–Crippen LogP) is 4.39. The van der Waals surface area contributed by atoms with Gasteiger partial charge in [-0.1, -0.05) is 30.3 Å². The molecule has 0 amide bonds. The van der Waals surface area contributed by atoms with Crippen LogP contribution in [0.4, 0.5) is 8.78 Å². The zero-order chi connectivity index (χ0) is 15.8. The summed E-state index contributed by atoms with van der Waals surface area (Å²) < 4.78 is 28.4. The van der Waals surface area contributed by atoms with E-state index in [0.717, 1.165) is 27.7 Å². The lowest BCUT2D eigenvalue weighted by molar-refractivity contribution is 0.229. The fraction of sp³-hybridized carbons (Fsp3) is 0.263. The monoisotopic (exact) mass is 312 g/mol. The molecular formula is C19H18F2N2. The number of rotatable bonds is 2. The Morgan fingerprint density at radius 1 is 1.04 bits per heavy atom. The van der Waals surface area contributed by atoms with E-state index in [-0.39, 0.29) is 11.7 Å². The summed E-state index contributed by atoms with van der Waals surface area (Å²) in [5.74, 6) is -0.564. The highest BCUT2D eigenvalue weighted by Gasteiger charge is 2.31. The second-order valence-corrected chi connectivity index (χ2v) is 6.08. The van der Waals surface area contributed by atoms with Gasteiger partial charge in [0.1, 0.15) is 12.0 Å². The van der Waals surface area contributed by atoms with Crippen molar-refractivity contribution < 1.29 is 8.78 Å². The molecular weight excluding hydrogens is 294 g/mol. The van der Waals surface area contributed by atoms with Crippen molar-refractivity contribution in [3.8, 4) is 11.3 Å². The van der Waals surface area contributed by atoms with Crippen molar-refractivity contribution in [3.63, 3.8) is 0 Å². The van der Waals surface area contributed by atoms with Crippen LogP contribution in [0.3, 0.4) is 0 Å². The standard InChI is InChI=1S/C19H18F2N2/c20-13-6-7-17-14(10-13)18(15-11-22-9-8-16(15)21)19(23-17)12-4-2-1-3-5-12/h1-7,10,15-16,22-23H,8-9,11H2/t15-,16-/m1/s1. The van der Waals surface area contributed by atoms with Gasteiger partial charge in [-0.15, -0.1) is 0 Å². The maximum atomic E-state index is 14.6. The predicted molar refractivity (Wildman–Crippen MR) is 88.8 cm³/mol. The van der Waals surface area contributed by atoms with Gasteiger partial charge < -0.3 is 10.3 Å². The summed E-state index contributed by atoms with van der Waals surface area (Å²) >= 11 is 0. The molecule has 1 aromatic heterocycles. The summed E-state index contributed by atoms with van der Waals surface area (Å²) in [6.45, 7) is 1.26. The Morgan fingerprint density at radius 3 is 2.65 bits per heavy atom. The van der Waals surface area contributed by atoms with Gasteiger partial charge in [0.2, 0.25) is 0 Å². The first-order valence-corrected chi connectivity index (χ1v) is 7.95. The fourth-order valence-electron chi connectivity index (χ4n) is 3.51. The maximum Gasteiger partial charge on any atom is 0.123 e. The third kappa shape index (κ3) is 2.53. The number of nitrogens with one attached hydrogen (secondary N) is 2. The van der Waals surface area contributed by atoms with E-state index < -0.39 is 6.17 Å². The molecule has 0 unspecified atom stereocenters. The average Bonchev–Trinajstić information content (AvgIpc) is 2.94. The Hall–Kier alpha value is -2.20. The van der Waals surface area contributed by atoms with Crippen molar-refractivity contribution in [2.24, 2.45) is 0 Å². The average molecular weight is 312 g/mol. The van der Waals surface area contributed by atoms with Crippen LogP contribution in [0.1, 0.15) is 17.9 Å². The summed E-state index contributed by atoms with van der Waals surface area (Å²) in [5.41, 5.74) is 3.61. The van der Waals surface area contributed by atoms with Crippen molar-refractivity contribution in [2.75, 3.05) is 13.1 Å². The van der Waals surface area contributed by atoms with Crippen molar-refractivity contribution >= 4 is 10.9 Å². The molecule has 1 aliphatic heterocycles. The van der Waals surface area contributed by atoms with Crippen LogP contribution in [0, 0.1) is 5.82 Å². The fourth-order valence-corrected chi connectivity index (χ4v) is 3.51. The molecule has 0 aliphatic carbocycles. The second kappa shape index (κ2) is 5.78. The molecule has 118 valence electrons. The van der Waals surface area contributed by atoms with E-state index in [1.165, 1.54) is 12.1 Å². The molecule has 2 nitrogen and oxygen atoms in total. The molecule has 0 radical (unpaired) electrons. The number of aromatic nitrogens is 1. The zero-order valence-electron chi connectivity index (χ0n) is 12.7. The molecule has 1 aliphatic rings. The normalized spacial score (nSPS) is 21.7. The first-order valence-electron chi connectivity index (χ1n) is 7.95. The van der Waals surface area contributed by atoms with E-state index in [4.69, 9.17) is 0 Å². The number of H-pyrrole nitrogens is 1. The van der Waals surface area contributed by atoms with Gasteiger partial charge in [0.25, 0.3) is 0 Å². The molecule has 0 spiro atoms. The Bertz CT molecular complexity index is 826. The van der Waals surface area contributed by atoms with E-state index in [2.05, 4.69) is 10.3 Å². The number of hydrogen-bond donors (Lipinski definition) is 2. The van der Waals surface area contributed by atoms with Gasteiger partial charge in [-0.3, -0.25) is 0 Å². The molecule has 2 N–H and O–H groups in total. The van der Waals surface area contributed by atoms with Gasteiger partial charge in [-0.25, -0.2) is 8.78 Å². The highest BCUT2D eigenvalue weighted by Crippen LogP contribution is 2.39. The molecule has 23 heavy (non-hydrogen) atoms. The van der Waals surface area contributed by atoms with Crippen molar-refractivity contribution in [1.82, 2.24) is 10.3 Å². The highest BCUT2D eigenvalue weighted by atomic mass is 19.1. The third-order valence-electron chi connectivity index (χ3n) is 4.63. The Morgan fingerprint density at radius 2 is 1.87 bits per heavy atom. The molecule has 3 aromatic rings. The molecule has 2 heterocycles. The summed E-state index contributed by atoms with van der Waals surface area (Å²) in [6.07, 6.45) is -0.429. The van der Waals surface area contributed by atoms with Gasteiger partial charge >= 0.3 is 0 Å². The van der Waals surface area contributed by atoms with Crippen LogP contribution >= 0.6 is 0 Å². The Kier molecular flexibility index (Phi) is 3.62. The molecule has 1 fully saturated rings. The van der Waals surface area contributed by atoms with Gasteiger partial charge in [0, 0.05) is 23.4 Å². The SMILES string of the molecule is Fc1ccc2[nH]c(-c3ccccc3)c([C@@H]3CNCC[C@H]3F)c2c1. The van der Waals surface area contributed by atoms with Crippen LogP contribution < -0.4 is 5.32 Å². The lowest BCUT2D eigenvalue weighted by atomic mass is 9.86. The van der Waals surface area contributed by atoms with E-state index in [0.29, 0.717) is 19.5 Å². The first kappa shape index (κ1) is 14.4. The van der Waals surface area contributed by atoms with Crippen molar-refractivity contribution in [1.29, 1.82) is 0 Å². The highest BCUT2D eigenvalue weighted by molar-refractivity contribution is 5.91. The largest absolute Gasteiger partial charge is 0.354 e. The van der Waals surface area contributed by atoms with Crippen LogP contribution in [-0.2, 0) is 0 Å². The quantitative estimate of drug-likeness (QED) is 0.721. The van der Waals surface area contributed by atoms with Gasteiger partial charge in [-0.05, 0) is 42.3 Å². The van der Waals surface area contributed by atoms with Crippen LogP contribution in [0.15, 0.2) is 48.5 Å². The minimum absolute atomic E-state index is 0.269. The van der Waals surface area contributed by atoms with E-state index >= 15 is 0 Å². The number of halogens is 2. The first-order chi connectivity index (χ1) is 11.2. The van der Waals surface area contributed by atoms with Gasteiger partial charge in [0.05, 0.1) is 5.69 Å². The second-order valence-electron chi connectivity index (χ2n) is 6.08. The summed E-state index contributed by atoms with van der Waals surface area (Å²) in [4.78, 5) is 3.36. The summed E-state index contributed by atoms with van der Waals surface area (Å²) in [6, 6.07) is 14.5. The summed E-state index contributed by atoms with van der Waals surface area (Å²) in [7, 11) is 0. The minimum atomic E-state index is -0.916. The Labute approximate surface area is 133 Å². The van der Waals surface area contributed by atoms with Gasteiger partial charge in [0.15, 0.2) is 0 Å². The van der Waals surface area contributed by atoms with Crippen LogP contribution in [-0.4, -0.2) is 24.2 Å².